The van der Waals surface area contributed by atoms with E-state index < -0.39 is 5.91 Å². The molecule has 0 N–H and O–H groups in total. The van der Waals surface area contributed by atoms with Gasteiger partial charge < -0.3 is 23.7 Å². The van der Waals surface area contributed by atoms with Gasteiger partial charge in [-0.2, -0.15) is 0 Å². The lowest BCUT2D eigenvalue weighted by molar-refractivity contribution is -0.120. The summed E-state index contributed by atoms with van der Waals surface area (Å²) in [5.41, 5.74) is 1.39. The van der Waals surface area contributed by atoms with E-state index in [-0.39, 0.29) is 19.1 Å². The molecule has 150 valence electrons. The Balaban J connectivity index is 1.70. The summed E-state index contributed by atoms with van der Waals surface area (Å²) >= 11 is 0. The number of hydrogen-bond acceptors (Lipinski definition) is 7. The largest absolute Gasteiger partial charge is 0.493 e. The van der Waals surface area contributed by atoms with Crippen LogP contribution in [0.15, 0.2) is 35.9 Å². The van der Waals surface area contributed by atoms with Crippen molar-refractivity contribution in [2.24, 2.45) is 0 Å². The fraction of sp³-hybridized carbons (Fsp3) is 0.238. The number of carbonyl (C=O) groups excluding carboxylic acids is 2. The van der Waals surface area contributed by atoms with Crippen molar-refractivity contribution < 1.29 is 33.3 Å². The Hall–Kier alpha value is -3.68. The van der Waals surface area contributed by atoms with Crippen molar-refractivity contribution in [3.05, 3.63) is 41.5 Å². The molecule has 2 heterocycles. The number of amides is 2. The highest BCUT2D eigenvalue weighted by Gasteiger charge is 2.36. The van der Waals surface area contributed by atoms with Gasteiger partial charge in [0.1, 0.15) is 0 Å². The van der Waals surface area contributed by atoms with Crippen molar-refractivity contribution in [3.63, 3.8) is 0 Å². The first-order valence-electron chi connectivity index (χ1n) is 8.83. The Morgan fingerprint density at radius 1 is 0.931 bits per heavy atom. The highest BCUT2D eigenvalue weighted by atomic mass is 16.7. The zero-order chi connectivity index (χ0) is 20.5. The molecule has 2 aliphatic rings. The zero-order valence-corrected chi connectivity index (χ0v) is 16.2. The molecule has 0 radical (unpaired) electrons. The van der Waals surface area contributed by atoms with E-state index in [1.807, 2.05) is 0 Å². The molecule has 0 spiro atoms. The summed E-state index contributed by atoms with van der Waals surface area (Å²) in [5.74, 6) is 1.70. The second kappa shape index (κ2) is 7.38. The predicted molar refractivity (Wildman–Crippen MR) is 104 cm³/mol. The molecule has 0 aliphatic carbocycles. The molecule has 1 saturated heterocycles. The molecule has 0 unspecified atom stereocenters. The van der Waals surface area contributed by atoms with E-state index in [2.05, 4.69) is 0 Å². The normalized spacial score (nSPS) is 16.5. The SMILES string of the molecule is COc1ccc(/C=C2\CC(=O)N(c3ccc4c(c3)OCO4)C2=O)c(OC)c1OC. The molecule has 1 fully saturated rings. The molecule has 0 atom stereocenters. The second-order valence-corrected chi connectivity index (χ2v) is 6.34. The minimum Gasteiger partial charge on any atom is -0.493 e. The van der Waals surface area contributed by atoms with Gasteiger partial charge in [-0.1, -0.05) is 0 Å². The maximum Gasteiger partial charge on any atom is 0.261 e. The van der Waals surface area contributed by atoms with Gasteiger partial charge in [0.05, 0.1) is 33.4 Å². The summed E-state index contributed by atoms with van der Waals surface area (Å²) in [4.78, 5) is 26.7. The Labute approximate surface area is 167 Å². The average Bonchev–Trinajstić information content (AvgIpc) is 3.30. The molecule has 2 amide bonds. The summed E-state index contributed by atoms with van der Waals surface area (Å²) in [6.07, 6.45) is 1.61. The van der Waals surface area contributed by atoms with Crippen LogP contribution in [0.4, 0.5) is 5.69 Å². The first-order chi connectivity index (χ1) is 14.1. The molecule has 2 aromatic rings. The third-order valence-corrected chi connectivity index (χ3v) is 4.75. The summed E-state index contributed by atoms with van der Waals surface area (Å²) in [7, 11) is 4.53. The average molecular weight is 397 g/mol. The van der Waals surface area contributed by atoms with E-state index in [9.17, 15) is 9.59 Å². The highest BCUT2D eigenvalue weighted by molar-refractivity contribution is 6.29. The Morgan fingerprint density at radius 2 is 1.69 bits per heavy atom. The molecule has 0 aromatic heterocycles. The van der Waals surface area contributed by atoms with Crippen LogP contribution in [-0.4, -0.2) is 39.9 Å². The van der Waals surface area contributed by atoms with Crippen LogP contribution in [0, 0.1) is 0 Å². The van der Waals surface area contributed by atoms with E-state index in [1.54, 1.807) is 36.4 Å². The number of imide groups is 1. The Kier molecular flexibility index (Phi) is 4.75. The van der Waals surface area contributed by atoms with Crippen LogP contribution in [-0.2, 0) is 9.59 Å². The molecule has 4 rings (SSSR count). The molecule has 2 aliphatic heterocycles. The maximum absolute atomic E-state index is 13.0. The number of fused-ring (bicyclic) bond motifs is 1. The Morgan fingerprint density at radius 3 is 2.41 bits per heavy atom. The molecule has 0 saturated carbocycles. The van der Waals surface area contributed by atoms with Gasteiger partial charge in [-0.05, 0) is 30.3 Å². The number of methoxy groups -OCH3 is 3. The van der Waals surface area contributed by atoms with Crippen molar-refractivity contribution in [3.8, 4) is 28.7 Å². The maximum atomic E-state index is 13.0. The van der Waals surface area contributed by atoms with E-state index in [1.165, 1.54) is 21.3 Å². The number of ether oxygens (including phenoxy) is 5. The molecule has 29 heavy (non-hydrogen) atoms. The second-order valence-electron chi connectivity index (χ2n) is 6.34. The van der Waals surface area contributed by atoms with Gasteiger partial charge in [0, 0.05) is 17.2 Å². The van der Waals surface area contributed by atoms with Crippen LogP contribution < -0.4 is 28.6 Å². The summed E-state index contributed by atoms with van der Waals surface area (Å²) in [6.45, 7) is 0.116. The first kappa shape index (κ1) is 18.7. The van der Waals surface area contributed by atoms with Crippen molar-refractivity contribution in [1.29, 1.82) is 0 Å². The van der Waals surface area contributed by atoms with Crippen LogP contribution in [0.25, 0.3) is 6.08 Å². The topological polar surface area (TPSA) is 83.5 Å². The van der Waals surface area contributed by atoms with Gasteiger partial charge in [0.15, 0.2) is 23.0 Å². The number of nitrogens with zero attached hydrogens (tertiary/aromatic N) is 1. The lowest BCUT2D eigenvalue weighted by Crippen LogP contribution is -2.28. The predicted octanol–water partition coefficient (Wildman–Crippen LogP) is 2.79. The zero-order valence-electron chi connectivity index (χ0n) is 16.2. The van der Waals surface area contributed by atoms with Gasteiger partial charge in [0.2, 0.25) is 18.4 Å². The van der Waals surface area contributed by atoms with E-state index in [4.69, 9.17) is 23.7 Å². The molecule has 2 aromatic carbocycles. The third kappa shape index (κ3) is 3.12. The van der Waals surface area contributed by atoms with E-state index in [0.29, 0.717) is 45.6 Å². The summed E-state index contributed by atoms with van der Waals surface area (Å²) in [5, 5.41) is 0. The minimum atomic E-state index is -0.397. The lowest BCUT2D eigenvalue weighted by atomic mass is 10.1. The van der Waals surface area contributed by atoms with Crippen molar-refractivity contribution >= 4 is 23.6 Å². The molecular weight excluding hydrogens is 378 g/mol. The molecule has 8 heteroatoms. The third-order valence-electron chi connectivity index (χ3n) is 4.75. The highest BCUT2D eigenvalue weighted by Crippen LogP contribution is 2.42. The molecule has 0 bridgehead atoms. The van der Waals surface area contributed by atoms with Crippen LogP contribution in [0.3, 0.4) is 0 Å². The lowest BCUT2D eigenvalue weighted by Gasteiger charge is -2.15. The van der Waals surface area contributed by atoms with Crippen molar-refractivity contribution in [2.45, 2.75) is 6.42 Å². The Bertz CT molecular complexity index is 1030. The van der Waals surface area contributed by atoms with Crippen LogP contribution in [0.2, 0.25) is 0 Å². The van der Waals surface area contributed by atoms with Crippen LogP contribution in [0.1, 0.15) is 12.0 Å². The minimum absolute atomic E-state index is 0.0230. The van der Waals surface area contributed by atoms with Gasteiger partial charge in [0.25, 0.3) is 5.91 Å². The quantitative estimate of drug-likeness (QED) is 0.567. The van der Waals surface area contributed by atoms with Gasteiger partial charge in [-0.3, -0.25) is 9.59 Å². The monoisotopic (exact) mass is 397 g/mol. The molecular formula is C21H19NO7. The van der Waals surface area contributed by atoms with Gasteiger partial charge >= 0.3 is 0 Å². The van der Waals surface area contributed by atoms with E-state index in [0.717, 1.165) is 4.90 Å². The first-order valence-corrected chi connectivity index (χ1v) is 8.83. The van der Waals surface area contributed by atoms with Gasteiger partial charge in [-0.25, -0.2) is 4.90 Å². The van der Waals surface area contributed by atoms with Crippen molar-refractivity contribution in [1.82, 2.24) is 0 Å². The van der Waals surface area contributed by atoms with E-state index >= 15 is 0 Å². The number of hydrogen-bond donors (Lipinski definition) is 0. The standard InChI is InChI=1S/C21H19NO7/c1-25-16-6-4-12(19(26-2)20(16)27-3)8-13-9-18(23)22(21(13)24)14-5-7-15-17(10-14)29-11-28-15/h4-8,10H,9,11H2,1-3H3/b13-8+. The number of benzene rings is 2. The summed E-state index contributed by atoms with van der Waals surface area (Å²) < 4.78 is 26.7. The fourth-order valence-corrected chi connectivity index (χ4v) is 3.40. The fourth-order valence-electron chi connectivity index (χ4n) is 3.40. The smallest absolute Gasteiger partial charge is 0.261 e. The number of anilines is 1. The van der Waals surface area contributed by atoms with Crippen molar-refractivity contribution in [2.75, 3.05) is 33.0 Å². The van der Waals surface area contributed by atoms with Gasteiger partial charge in [-0.15, -0.1) is 0 Å². The molecule has 8 nitrogen and oxygen atoms in total. The number of rotatable bonds is 5. The van der Waals surface area contributed by atoms with Crippen LogP contribution >= 0.6 is 0 Å². The number of carbonyl (C=O) groups is 2. The van der Waals surface area contributed by atoms with Crippen LogP contribution in [0.5, 0.6) is 28.7 Å². The summed E-state index contributed by atoms with van der Waals surface area (Å²) in [6, 6.07) is 8.41.